The van der Waals surface area contributed by atoms with Gasteiger partial charge in [0.25, 0.3) is 0 Å². The number of nitrogens with one attached hydrogen (secondary N) is 1. The van der Waals surface area contributed by atoms with Crippen LogP contribution in [0.15, 0.2) is 16.7 Å². The summed E-state index contributed by atoms with van der Waals surface area (Å²) in [6, 6.07) is 1.63. The highest BCUT2D eigenvalue weighted by atomic mass is 79.9. The lowest BCUT2D eigenvalue weighted by Crippen LogP contribution is -2.05. The fourth-order valence-corrected chi connectivity index (χ4v) is 1.93. The first-order valence-electron chi connectivity index (χ1n) is 4.14. The topological polar surface area (TPSA) is 67.9 Å². The molecule has 0 aromatic carbocycles. The zero-order valence-electron chi connectivity index (χ0n) is 7.74. The van der Waals surface area contributed by atoms with E-state index in [1.165, 1.54) is 0 Å². The molecule has 0 aliphatic rings. The summed E-state index contributed by atoms with van der Waals surface area (Å²) in [6.07, 6.45) is 1.65. The van der Waals surface area contributed by atoms with E-state index in [1.807, 2.05) is 0 Å². The van der Waals surface area contributed by atoms with Crippen molar-refractivity contribution in [3.05, 3.63) is 32.5 Å². The molecule has 2 aromatic heterocycles. The van der Waals surface area contributed by atoms with E-state index in [1.54, 1.807) is 12.3 Å². The summed E-state index contributed by atoms with van der Waals surface area (Å²) >= 11 is 10.0. The molecular weight excluding hydrogens is 318 g/mol. The second kappa shape index (κ2) is 4.94. The molecule has 0 radical (unpaired) electrons. The Labute approximate surface area is 108 Å². The second-order valence-electron chi connectivity index (χ2n) is 2.80. The summed E-state index contributed by atoms with van der Waals surface area (Å²) in [6.45, 7) is 0.0187. The maximum atomic E-state index is 11.5. The van der Waals surface area contributed by atoms with E-state index in [-0.39, 0.29) is 6.61 Å². The van der Waals surface area contributed by atoms with Crippen LogP contribution < -0.4 is 0 Å². The van der Waals surface area contributed by atoms with E-state index in [4.69, 9.17) is 16.3 Å². The molecular formula is C8H5BrClN3O2S. The standard InChI is InChI=1S/C8H5BrClN3O2S/c9-4-1-5(11-2-4)8(14)15-3-6-7(10)16-13-12-6/h1-2,11H,3H2. The number of hydrogen-bond donors (Lipinski definition) is 1. The number of halogens is 2. The highest BCUT2D eigenvalue weighted by Gasteiger charge is 2.12. The van der Waals surface area contributed by atoms with Crippen LogP contribution in [0, 0.1) is 0 Å². The van der Waals surface area contributed by atoms with Gasteiger partial charge < -0.3 is 9.72 Å². The monoisotopic (exact) mass is 321 g/mol. The van der Waals surface area contributed by atoms with Crippen molar-refractivity contribution in [1.29, 1.82) is 0 Å². The molecule has 16 heavy (non-hydrogen) atoms. The number of hydrogen-bond acceptors (Lipinski definition) is 5. The normalized spacial score (nSPS) is 10.4. The zero-order chi connectivity index (χ0) is 11.5. The lowest BCUT2D eigenvalue weighted by atomic mass is 10.4. The van der Waals surface area contributed by atoms with Gasteiger partial charge in [-0.25, -0.2) is 4.79 Å². The van der Waals surface area contributed by atoms with E-state index in [0.29, 0.717) is 15.7 Å². The number of ether oxygens (including phenoxy) is 1. The first kappa shape index (κ1) is 11.6. The second-order valence-corrected chi connectivity index (χ2v) is 5.07. The summed E-state index contributed by atoms with van der Waals surface area (Å²) in [4.78, 5) is 14.3. The number of carbonyl (C=O) groups is 1. The van der Waals surface area contributed by atoms with Crippen LogP contribution in [0.25, 0.3) is 0 Å². The molecule has 0 aliphatic heterocycles. The predicted octanol–water partition coefficient (Wildman–Crippen LogP) is 2.64. The summed E-state index contributed by atoms with van der Waals surface area (Å²) in [5.41, 5.74) is 0.830. The Bertz CT molecular complexity index is 513. The number of nitrogens with zero attached hydrogens (tertiary/aromatic N) is 2. The van der Waals surface area contributed by atoms with Crippen molar-refractivity contribution in [2.75, 3.05) is 0 Å². The molecule has 0 fully saturated rings. The van der Waals surface area contributed by atoms with Gasteiger partial charge in [0, 0.05) is 22.2 Å². The first-order chi connectivity index (χ1) is 7.66. The predicted molar refractivity (Wildman–Crippen MR) is 62.5 cm³/mol. The minimum atomic E-state index is -0.463. The lowest BCUT2D eigenvalue weighted by Gasteiger charge is -2.00. The van der Waals surface area contributed by atoms with Crippen molar-refractivity contribution in [3.63, 3.8) is 0 Å². The first-order valence-corrected chi connectivity index (χ1v) is 6.09. The minimum absolute atomic E-state index is 0.0187. The fourth-order valence-electron chi connectivity index (χ4n) is 0.981. The summed E-state index contributed by atoms with van der Waals surface area (Å²) in [5, 5.41) is 3.73. The van der Waals surface area contributed by atoms with E-state index in [0.717, 1.165) is 16.0 Å². The molecule has 0 aliphatic carbocycles. The van der Waals surface area contributed by atoms with Crippen LogP contribution in [0.3, 0.4) is 0 Å². The smallest absolute Gasteiger partial charge is 0.355 e. The van der Waals surface area contributed by atoms with E-state index in [9.17, 15) is 4.79 Å². The summed E-state index contributed by atoms with van der Waals surface area (Å²) in [5.74, 6) is -0.463. The molecule has 0 saturated carbocycles. The third-order valence-electron chi connectivity index (χ3n) is 1.72. The molecule has 0 saturated heterocycles. The van der Waals surface area contributed by atoms with Crippen LogP contribution in [0.4, 0.5) is 0 Å². The Hall–Kier alpha value is -0.920. The maximum Gasteiger partial charge on any atom is 0.355 e. The number of rotatable bonds is 3. The molecule has 2 heterocycles. The van der Waals surface area contributed by atoms with Crippen LogP contribution in [0.5, 0.6) is 0 Å². The molecule has 84 valence electrons. The number of aromatic nitrogens is 3. The van der Waals surface area contributed by atoms with Crippen molar-refractivity contribution in [3.8, 4) is 0 Å². The highest BCUT2D eigenvalue weighted by Crippen LogP contribution is 2.18. The quantitative estimate of drug-likeness (QED) is 0.882. The van der Waals surface area contributed by atoms with Gasteiger partial charge >= 0.3 is 5.97 Å². The third-order valence-corrected chi connectivity index (χ3v) is 3.16. The Balaban J connectivity index is 1.96. The lowest BCUT2D eigenvalue weighted by molar-refractivity contribution is 0.0461. The molecule has 0 spiro atoms. The molecule has 2 rings (SSSR count). The Kier molecular flexibility index (Phi) is 3.57. The van der Waals surface area contributed by atoms with Crippen molar-refractivity contribution >= 4 is 45.0 Å². The van der Waals surface area contributed by atoms with Crippen LogP contribution in [0.2, 0.25) is 4.34 Å². The number of esters is 1. The highest BCUT2D eigenvalue weighted by molar-refractivity contribution is 9.10. The van der Waals surface area contributed by atoms with Crippen LogP contribution >= 0.6 is 39.1 Å². The Morgan fingerprint density at radius 1 is 1.69 bits per heavy atom. The van der Waals surface area contributed by atoms with Gasteiger partial charge in [-0.3, -0.25) is 0 Å². The van der Waals surface area contributed by atoms with Crippen LogP contribution in [-0.4, -0.2) is 20.5 Å². The van der Waals surface area contributed by atoms with E-state index < -0.39 is 5.97 Å². The summed E-state index contributed by atoms with van der Waals surface area (Å²) < 4.78 is 9.84. The Morgan fingerprint density at radius 2 is 2.50 bits per heavy atom. The van der Waals surface area contributed by atoms with Crippen LogP contribution in [-0.2, 0) is 11.3 Å². The van der Waals surface area contributed by atoms with Gasteiger partial charge in [-0.2, -0.15) is 0 Å². The molecule has 0 bridgehead atoms. The molecule has 1 N–H and O–H groups in total. The molecule has 5 nitrogen and oxygen atoms in total. The van der Waals surface area contributed by atoms with Gasteiger partial charge in [0.15, 0.2) is 0 Å². The average Bonchev–Trinajstić information content (AvgIpc) is 2.84. The number of aromatic amines is 1. The molecule has 2 aromatic rings. The minimum Gasteiger partial charge on any atom is -0.454 e. The molecule has 0 atom stereocenters. The van der Waals surface area contributed by atoms with Gasteiger partial charge in [-0.15, -0.1) is 5.10 Å². The number of H-pyrrole nitrogens is 1. The average molecular weight is 323 g/mol. The van der Waals surface area contributed by atoms with Crippen LogP contribution in [0.1, 0.15) is 16.2 Å². The van der Waals surface area contributed by atoms with Gasteiger partial charge in [0.1, 0.15) is 22.3 Å². The maximum absolute atomic E-state index is 11.5. The van der Waals surface area contributed by atoms with Crippen molar-refractivity contribution < 1.29 is 9.53 Å². The molecule has 0 unspecified atom stereocenters. The zero-order valence-corrected chi connectivity index (χ0v) is 10.9. The molecule has 0 amide bonds. The number of carbonyl (C=O) groups excluding carboxylic acids is 1. The Morgan fingerprint density at radius 3 is 3.06 bits per heavy atom. The fraction of sp³-hybridized carbons (Fsp3) is 0.125. The van der Waals surface area contributed by atoms with Gasteiger partial charge in [-0.1, -0.05) is 16.1 Å². The summed E-state index contributed by atoms with van der Waals surface area (Å²) in [7, 11) is 0. The van der Waals surface area contributed by atoms with E-state index >= 15 is 0 Å². The largest absolute Gasteiger partial charge is 0.454 e. The third kappa shape index (κ3) is 2.60. The van der Waals surface area contributed by atoms with Crippen molar-refractivity contribution in [2.24, 2.45) is 0 Å². The van der Waals surface area contributed by atoms with Gasteiger partial charge in [0.05, 0.1) is 0 Å². The van der Waals surface area contributed by atoms with Crippen molar-refractivity contribution in [2.45, 2.75) is 6.61 Å². The van der Waals surface area contributed by atoms with Crippen molar-refractivity contribution in [1.82, 2.24) is 14.6 Å². The van der Waals surface area contributed by atoms with E-state index in [2.05, 4.69) is 30.5 Å². The van der Waals surface area contributed by atoms with Gasteiger partial charge in [0.2, 0.25) is 0 Å². The molecule has 8 heteroatoms. The SMILES string of the molecule is O=C(OCc1nnsc1Cl)c1cc(Br)c[nH]1. The van der Waals surface area contributed by atoms with Gasteiger partial charge in [-0.05, 0) is 22.0 Å².